The van der Waals surface area contributed by atoms with E-state index < -0.39 is 0 Å². The summed E-state index contributed by atoms with van der Waals surface area (Å²) in [6, 6.07) is 9.04. The van der Waals surface area contributed by atoms with Gasteiger partial charge < -0.3 is 10.6 Å². The van der Waals surface area contributed by atoms with Gasteiger partial charge in [0.05, 0.1) is 0 Å². The Morgan fingerprint density at radius 1 is 1.30 bits per heavy atom. The first-order chi connectivity index (χ1) is 9.66. The standard InChI is InChI=1S/C15H16ClN3O/c1-11-13(16)5-2-6-14(11)19-15(20)18-9-7-12-4-3-8-17-10-12/h2-6,8,10H,7,9H2,1H3,(H2,18,19,20). The lowest BCUT2D eigenvalue weighted by Crippen LogP contribution is -2.30. The number of nitrogens with zero attached hydrogens (tertiary/aromatic N) is 1. The van der Waals surface area contributed by atoms with E-state index in [9.17, 15) is 4.79 Å². The number of pyridine rings is 1. The lowest BCUT2D eigenvalue weighted by atomic mass is 10.2. The molecule has 2 N–H and O–H groups in total. The fourth-order valence-corrected chi connectivity index (χ4v) is 1.95. The van der Waals surface area contributed by atoms with Gasteiger partial charge in [-0.15, -0.1) is 0 Å². The van der Waals surface area contributed by atoms with E-state index in [1.807, 2.05) is 25.1 Å². The van der Waals surface area contributed by atoms with Crippen molar-refractivity contribution in [1.29, 1.82) is 0 Å². The Morgan fingerprint density at radius 3 is 2.90 bits per heavy atom. The maximum absolute atomic E-state index is 11.8. The fourth-order valence-electron chi connectivity index (χ4n) is 1.78. The van der Waals surface area contributed by atoms with Crippen LogP contribution in [0.25, 0.3) is 0 Å². The van der Waals surface area contributed by atoms with E-state index in [1.165, 1.54) is 0 Å². The Labute approximate surface area is 123 Å². The minimum absolute atomic E-state index is 0.237. The van der Waals surface area contributed by atoms with Crippen LogP contribution in [0, 0.1) is 6.92 Å². The summed E-state index contributed by atoms with van der Waals surface area (Å²) >= 11 is 6.00. The van der Waals surface area contributed by atoms with Crippen LogP contribution in [-0.4, -0.2) is 17.6 Å². The average Bonchev–Trinajstić information content (AvgIpc) is 2.45. The van der Waals surface area contributed by atoms with Gasteiger partial charge in [-0.2, -0.15) is 0 Å². The summed E-state index contributed by atoms with van der Waals surface area (Å²) in [6.45, 7) is 2.42. The lowest BCUT2D eigenvalue weighted by molar-refractivity contribution is 0.252. The number of hydrogen-bond donors (Lipinski definition) is 2. The Hall–Kier alpha value is -2.07. The molecule has 0 radical (unpaired) electrons. The molecule has 0 saturated heterocycles. The summed E-state index contributed by atoms with van der Waals surface area (Å²) < 4.78 is 0. The van der Waals surface area contributed by atoms with Crippen molar-refractivity contribution in [3.8, 4) is 0 Å². The highest BCUT2D eigenvalue weighted by Crippen LogP contribution is 2.22. The van der Waals surface area contributed by atoms with E-state index in [0.29, 0.717) is 11.6 Å². The minimum Gasteiger partial charge on any atom is -0.338 e. The molecule has 5 heteroatoms. The maximum Gasteiger partial charge on any atom is 0.319 e. The molecule has 2 amide bonds. The number of amides is 2. The first-order valence-electron chi connectivity index (χ1n) is 6.35. The third kappa shape index (κ3) is 3.96. The van der Waals surface area contributed by atoms with Crippen molar-refractivity contribution in [1.82, 2.24) is 10.3 Å². The monoisotopic (exact) mass is 289 g/mol. The van der Waals surface area contributed by atoms with Gasteiger partial charge in [-0.3, -0.25) is 4.98 Å². The van der Waals surface area contributed by atoms with Gasteiger partial charge in [0.1, 0.15) is 0 Å². The molecule has 1 heterocycles. The Bertz CT molecular complexity index is 587. The van der Waals surface area contributed by atoms with E-state index in [0.717, 1.165) is 23.2 Å². The van der Waals surface area contributed by atoms with Crippen LogP contribution in [0.1, 0.15) is 11.1 Å². The van der Waals surface area contributed by atoms with E-state index in [4.69, 9.17) is 11.6 Å². The normalized spacial score (nSPS) is 10.1. The van der Waals surface area contributed by atoms with Gasteiger partial charge in [0.15, 0.2) is 0 Å². The molecule has 1 aromatic carbocycles. The molecule has 104 valence electrons. The highest BCUT2D eigenvalue weighted by Gasteiger charge is 2.05. The Morgan fingerprint density at radius 2 is 2.15 bits per heavy atom. The lowest BCUT2D eigenvalue weighted by Gasteiger charge is -2.10. The van der Waals surface area contributed by atoms with E-state index in [2.05, 4.69) is 15.6 Å². The molecule has 0 unspecified atom stereocenters. The van der Waals surface area contributed by atoms with Crippen molar-refractivity contribution in [2.45, 2.75) is 13.3 Å². The molecule has 0 aliphatic heterocycles. The minimum atomic E-state index is -0.237. The number of anilines is 1. The topological polar surface area (TPSA) is 54.0 Å². The summed E-state index contributed by atoms with van der Waals surface area (Å²) in [5.41, 5.74) is 2.67. The van der Waals surface area contributed by atoms with Crippen molar-refractivity contribution in [2.75, 3.05) is 11.9 Å². The van der Waals surface area contributed by atoms with Crippen molar-refractivity contribution < 1.29 is 4.79 Å². The third-order valence-electron chi connectivity index (χ3n) is 2.94. The largest absolute Gasteiger partial charge is 0.338 e. The highest BCUT2D eigenvalue weighted by molar-refractivity contribution is 6.31. The van der Waals surface area contributed by atoms with Gasteiger partial charge in [-0.25, -0.2) is 4.79 Å². The number of aromatic nitrogens is 1. The maximum atomic E-state index is 11.8. The highest BCUT2D eigenvalue weighted by atomic mass is 35.5. The zero-order valence-electron chi connectivity index (χ0n) is 11.2. The second-order valence-electron chi connectivity index (χ2n) is 4.40. The molecular weight excluding hydrogens is 274 g/mol. The number of halogens is 1. The van der Waals surface area contributed by atoms with Crippen LogP contribution in [0.5, 0.6) is 0 Å². The van der Waals surface area contributed by atoms with Crippen LogP contribution >= 0.6 is 11.6 Å². The van der Waals surface area contributed by atoms with Gasteiger partial charge >= 0.3 is 6.03 Å². The molecule has 2 aromatic rings. The summed E-state index contributed by atoms with van der Waals surface area (Å²) in [4.78, 5) is 15.8. The van der Waals surface area contributed by atoms with Gasteiger partial charge in [0, 0.05) is 29.6 Å². The predicted octanol–water partition coefficient (Wildman–Crippen LogP) is 3.41. The fraction of sp³-hybridized carbons (Fsp3) is 0.200. The van der Waals surface area contributed by atoms with Gasteiger partial charge in [-0.05, 0) is 42.7 Å². The molecular formula is C15H16ClN3O. The van der Waals surface area contributed by atoms with Crippen LogP contribution in [0.15, 0.2) is 42.7 Å². The zero-order valence-corrected chi connectivity index (χ0v) is 11.9. The number of carbonyl (C=O) groups is 1. The summed E-state index contributed by atoms with van der Waals surface area (Å²) in [7, 11) is 0. The quantitative estimate of drug-likeness (QED) is 0.906. The van der Waals surface area contributed by atoms with Crippen molar-refractivity contribution in [3.63, 3.8) is 0 Å². The van der Waals surface area contributed by atoms with Crippen LogP contribution in [0.4, 0.5) is 10.5 Å². The molecule has 1 aromatic heterocycles. The third-order valence-corrected chi connectivity index (χ3v) is 3.35. The number of urea groups is 1. The molecule has 0 saturated carbocycles. The molecule has 0 fully saturated rings. The first-order valence-corrected chi connectivity index (χ1v) is 6.73. The SMILES string of the molecule is Cc1c(Cl)cccc1NC(=O)NCCc1cccnc1. The number of nitrogens with one attached hydrogen (secondary N) is 2. The van der Waals surface area contributed by atoms with Crippen LogP contribution in [0.3, 0.4) is 0 Å². The molecule has 20 heavy (non-hydrogen) atoms. The summed E-state index contributed by atoms with van der Waals surface area (Å²) in [5, 5.41) is 6.23. The zero-order chi connectivity index (χ0) is 14.4. The molecule has 0 bridgehead atoms. The Kier molecular flexibility index (Phi) is 4.96. The van der Waals surface area contributed by atoms with Gasteiger partial charge in [0.25, 0.3) is 0 Å². The molecule has 4 nitrogen and oxygen atoms in total. The molecule has 0 aliphatic carbocycles. The summed E-state index contributed by atoms with van der Waals surface area (Å²) in [6.07, 6.45) is 4.27. The number of carbonyl (C=O) groups excluding carboxylic acids is 1. The predicted molar refractivity (Wildman–Crippen MR) is 81.2 cm³/mol. The summed E-state index contributed by atoms with van der Waals surface area (Å²) in [5.74, 6) is 0. The average molecular weight is 290 g/mol. The molecule has 0 atom stereocenters. The number of rotatable bonds is 4. The second kappa shape index (κ2) is 6.91. The molecule has 2 rings (SSSR count). The Balaban J connectivity index is 1.82. The molecule has 0 aliphatic rings. The van der Waals surface area contributed by atoms with Crippen LogP contribution in [0.2, 0.25) is 5.02 Å². The van der Waals surface area contributed by atoms with Gasteiger partial charge in [0.2, 0.25) is 0 Å². The number of benzene rings is 1. The first kappa shape index (κ1) is 14.3. The number of hydrogen-bond acceptors (Lipinski definition) is 2. The van der Waals surface area contributed by atoms with E-state index in [-0.39, 0.29) is 6.03 Å². The second-order valence-corrected chi connectivity index (χ2v) is 4.81. The van der Waals surface area contributed by atoms with Crippen LogP contribution in [-0.2, 0) is 6.42 Å². The van der Waals surface area contributed by atoms with E-state index in [1.54, 1.807) is 24.5 Å². The van der Waals surface area contributed by atoms with Gasteiger partial charge in [-0.1, -0.05) is 23.7 Å². The van der Waals surface area contributed by atoms with Crippen molar-refractivity contribution in [3.05, 3.63) is 58.9 Å². The smallest absolute Gasteiger partial charge is 0.319 e. The van der Waals surface area contributed by atoms with Crippen LogP contribution < -0.4 is 10.6 Å². The molecule has 0 spiro atoms. The van der Waals surface area contributed by atoms with Crippen molar-refractivity contribution >= 4 is 23.3 Å². The van der Waals surface area contributed by atoms with Crippen molar-refractivity contribution in [2.24, 2.45) is 0 Å². The van der Waals surface area contributed by atoms with E-state index >= 15 is 0 Å².